The molecule has 16 heavy (non-hydrogen) atoms. The van der Waals surface area contributed by atoms with Crippen LogP contribution in [0.25, 0.3) is 0 Å². The lowest BCUT2D eigenvalue weighted by atomic mass is 9.86. The highest BCUT2D eigenvalue weighted by molar-refractivity contribution is 5.70. The van der Waals surface area contributed by atoms with E-state index >= 15 is 0 Å². The van der Waals surface area contributed by atoms with Gasteiger partial charge in [0, 0.05) is 6.04 Å². The standard InChI is InChI=1S/C13H25NO2/c1-10(2)4-3-9-14-12-7-5-11(6-8-12)13(15)16/h10-12,14H,3-9H2,1-2H3,(H,15,16). The first-order valence-electron chi connectivity index (χ1n) is 6.55. The van der Waals surface area contributed by atoms with Gasteiger partial charge in [0.15, 0.2) is 0 Å². The van der Waals surface area contributed by atoms with Crippen molar-refractivity contribution in [1.29, 1.82) is 0 Å². The van der Waals surface area contributed by atoms with Crippen LogP contribution in [-0.2, 0) is 4.79 Å². The van der Waals surface area contributed by atoms with E-state index in [0.29, 0.717) is 6.04 Å². The number of rotatable bonds is 6. The van der Waals surface area contributed by atoms with Gasteiger partial charge in [-0.2, -0.15) is 0 Å². The van der Waals surface area contributed by atoms with E-state index in [9.17, 15) is 4.79 Å². The summed E-state index contributed by atoms with van der Waals surface area (Å²) in [5, 5.41) is 12.4. The molecule has 0 radical (unpaired) electrons. The van der Waals surface area contributed by atoms with E-state index < -0.39 is 5.97 Å². The van der Waals surface area contributed by atoms with Crippen LogP contribution in [0.1, 0.15) is 52.4 Å². The van der Waals surface area contributed by atoms with Crippen molar-refractivity contribution < 1.29 is 9.90 Å². The third kappa shape index (κ3) is 4.97. The lowest BCUT2D eigenvalue weighted by Gasteiger charge is -2.27. The summed E-state index contributed by atoms with van der Waals surface area (Å²) in [5.74, 6) is 0.0801. The lowest BCUT2D eigenvalue weighted by Crippen LogP contribution is -2.35. The highest BCUT2D eigenvalue weighted by Gasteiger charge is 2.25. The van der Waals surface area contributed by atoms with Crippen LogP contribution in [0.4, 0.5) is 0 Å². The predicted molar refractivity (Wildman–Crippen MR) is 65.5 cm³/mol. The average molecular weight is 227 g/mol. The van der Waals surface area contributed by atoms with Crippen LogP contribution >= 0.6 is 0 Å². The number of hydrogen-bond acceptors (Lipinski definition) is 2. The molecule has 0 spiro atoms. The second-order valence-corrected chi connectivity index (χ2v) is 5.38. The molecule has 94 valence electrons. The quantitative estimate of drug-likeness (QED) is 0.686. The van der Waals surface area contributed by atoms with Gasteiger partial charge in [0.1, 0.15) is 0 Å². The molecule has 1 saturated carbocycles. The summed E-state index contributed by atoms with van der Waals surface area (Å²) in [6, 6.07) is 0.558. The van der Waals surface area contributed by atoms with Gasteiger partial charge < -0.3 is 10.4 Å². The van der Waals surface area contributed by atoms with Crippen molar-refractivity contribution in [2.75, 3.05) is 6.54 Å². The molecule has 1 aliphatic rings. The van der Waals surface area contributed by atoms with Gasteiger partial charge in [-0.3, -0.25) is 4.79 Å². The summed E-state index contributed by atoms with van der Waals surface area (Å²) in [4.78, 5) is 10.8. The minimum Gasteiger partial charge on any atom is -0.481 e. The smallest absolute Gasteiger partial charge is 0.306 e. The largest absolute Gasteiger partial charge is 0.481 e. The Hall–Kier alpha value is -0.570. The number of carbonyl (C=O) groups is 1. The molecule has 0 aromatic rings. The minimum absolute atomic E-state index is 0.0892. The molecule has 0 aliphatic heterocycles. The Morgan fingerprint density at radius 3 is 2.44 bits per heavy atom. The predicted octanol–water partition coefficient (Wildman–Crippen LogP) is 2.66. The monoisotopic (exact) mass is 227 g/mol. The van der Waals surface area contributed by atoms with Crippen molar-refractivity contribution in [1.82, 2.24) is 5.32 Å². The fraction of sp³-hybridized carbons (Fsp3) is 0.923. The maximum atomic E-state index is 10.8. The van der Waals surface area contributed by atoms with E-state index in [-0.39, 0.29) is 5.92 Å². The minimum atomic E-state index is -0.613. The van der Waals surface area contributed by atoms with Crippen molar-refractivity contribution in [3.63, 3.8) is 0 Å². The Labute approximate surface area is 98.6 Å². The Kier molecular flexibility index (Phi) is 5.81. The number of carboxylic acids is 1. The molecule has 0 bridgehead atoms. The van der Waals surface area contributed by atoms with Crippen LogP contribution in [0.5, 0.6) is 0 Å². The van der Waals surface area contributed by atoms with Crippen molar-refractivity contribution in [3.05, 3.63) is 0 Å². The third-order valence-corrected chi connectivity index (χ3v) is 3.47. The third-order valence-electron chi connectivity index (χ3n) is 3.47. The molecule has 0 saturated heterocycles. The molecule has 1 aliphatic carbocycles. The van der Waals surface area contributed by atoms with Gasteiger partial charge >= 0.3 is 5.97 Å². The van der Waals surface area contributed by atoms with E-state index in [0.717, 1.165) is 38.1 Å². The second-order valence-electron chi connectivity index (χ2n) is 5.38. The summed E-state index contributed by atoms with van der Waals surface area (Å²) in [5.41, 5.74) is 0. The SMILES string of the molecule is CC(C)CCCNC1CCC(C(=O)O)CC1. The fourth-order valence-electron chi connectivity index (χ4n) is 2.36. The van der Waals surface area contributed by atoms with E-state index in [1.807, 2.05) is 0 Å². The zero-order valence-corrected chi connectivity index (χ0v) is 10.5. The van der Waals surface area contributed by atoms with Gasteiger partial charge in [-0.25, -0.2) is 0 Å². The lowest BCUT2D eigenvalue weighted by molar-refractivity contribution is -0.142. The molecule has 0 amide bonds. The summed E-state index contributed by atoms with van der Waals surface area (Å²) < 4.78 is 0. The summed E-state index contributed by atoms with van der Waals surface area (Å²) >= 11 is 0. The molecule has 0 unspecified atom stereocenters. The summed E-state index contributed by atoms with van der Waals surface area (Å²) in [6.45, 7) is 5.58. The molecule has 3 heteroatoms. The first kappa shape index (κ1) is 13.5. The van der Waals surface area contributed by atoms with Gasteiger partial charge in [-0.05, 0) is 51.0 Å². The van der Waals surface area contributed by atoms with Crippen LogP contribution in [0.2, 0.25) is 0 Å². The summed E-state index contributed by atoms with van der Waals surface area (Å²) in [6.07, 6.45) is 6.25. The molecule has 1 rings (SSSR count). The molecule has 0 aromatic heterocycles. The highest BCUT2D eigenvalue weighted by Crippen LogP contribution is 2.24. The maximum absolute atomic E-state index is 10.8. The van der Waals surface area contributed by atoms with Crippen LogP contribution in [0, 0.1) is 11.8 Å². The molecule has 0 heterocycles. The molecular formula is C13H25NO2. The van der Waals surface area contributed by atoms with E-state index in [2.05, 4.69) is 19.2 Å². The summed E-state index contributed by atoms with van der Waals surface area (Å²) in [7, 11) is 0. The second kappa shape index (κ2) is 6.89. The topological polar surface area (TPSA) is 49.3 Å². The van der Waals surface area contributed by atoms with Crippen molar-refractivity contribution in [2.45, 2.75) is 58.4 Å². The van der Waals surface area contributed by atoms with Gasteiger partial charge in [0.05, 0.1) is 5.92 Å². The van der Waals surface area contributed by atoms with Crippen LogP contribution in [-0.4, -0.2) is 23.7 Å². The maximum Gasteiger partial charge on any atom is 0.306 e. The molecule has 2 N–H and O–H groups in total. The number of hydrogen-bond donors (Lipinski definition) is 2. The zero-order valence-electron chi connectivity index (χ0n) is 10.5. The van der Waals surface area contributed by atoms with Gasteiger partial charge in [-0.15, -0.1) is 0 Å². The van der Waals surface area contributed by atoms with Crippen LogP contribution in [0.15, 0.2) is 0 Å². The highest BCUT2D eigenvalue weighted by atomic mass is 16.4. The molecule has 1 fully saturated rings. The van der Waals surface area contributed by atoms with Gasteiger partial charge in [0.2, 0.25) is 0 Å². The van der Waals surface area contributed by atoms with Crippen LogP contribution in [0.3, 0.4) is 0 Å². The van der Waals surface area contributed by atoms with Gasteiger partial charge in [0.25, 0.3) is 0 Å². The average Bonchev–Trinajstić information content (AvgIpc) is 2.25. The van der Waals surface area contributed by atoms with Crippen molar-refractivity contribution in [3.8, 4) is 0 Å². The Morgan fingerprint density at radius 2 is 1.94 bits per heavy atom. The Balaban J connectivity index is 2.06. The van der Waals surface area contributed by atoms with Crippen LogP contribution < -0.4 is 5.32 Å². The molecule has 3 nitrogen and oxygen atoms in total. The number of aliphatic carboxylic acids is 1. The number of carboxylic acid groups (broad SMARTS) is 1. The first-order chi connectivity index (χ1) is 7.59. The zero-order chi connectivity index (χ0) is 12.0. The Bertz CT molecular complexity index is 208. The van der Waals surface area contributed by atoms with Crippen molar-refractivity contribution in [2.24, 2.45) is 11.8 Å². The number of nitrogens with one attached hydrogen (secondary N) is 1. The van der Waals surface area contributed by atoms with E-state index in [1.54, 1.807) is 0 Å². The fourth-order valence-corrected chi connectivity index (χ4v) is 2.36. The molecule has 0 atom stereocenters. The molecular weight excluding hydrogens is 202 g/mol. The van der Waals surface area contributed by atoms with E-state index in [1.165, 1.54) is 12.8 Å². The van der Waals surface area contributed by atoms with Gasteiger partial charge in [-0.1, -0.05) is 13.8 Å². The normalized spacial score (nSPS) is 25.9. The first-order valence-corrected chi connectivity index (χ1v) is 6.55. The van der Waals surface area contributed by atoms with Crippen molar-refractivity contribution >= 4 is 5.97 Å². The molecule has 0 aromatic carbocycles. The Morgan fingerprint density at radius 1 is 1.31 bits per heavy atom. The van der Waals surface area contributed by atoms with E-state index in [4.69, 9.17) is 5.11 Å².